The summed E-state index contributed by atoms with van der Waals surface area (Å²) in [5.74, 6) is 1.51. The highest BCUT2D eigenvalue weighted by atomic mass is 16.7. The van der Waals surface area contributed by atoms with E-state index in [-0.39, 0.29) is 0 Å². The van der Waals surface area contributed by atoms with Gasteiger partial charge < -0.3 is 5.32 Å². The van der Waals surface area contributed by atoms with Crippen molar-refractivity contribution in [3.8, 4) is 0 Å². The normalized spacial score (nSPS) is 24.8. The zero-order chi connectivity index (χ0) is 12.5. The number of rotatable bonds is 5. The Morgan fingerprint density at radius 3 is 2.53 bits per heavy atom. The molecule has 0 saturated heterocycles. The quantitative estimate of drug-likeness (QED) is 0.455. The van der Waals surface area contributed by atoms with Gasteiger partial charge in [-0.2, -0.15) is 0 Å². The maximum Gasteiger partial charge on any atom is 0.433 e. The highest BCUT2D eigenvalue weighted by Gasteiger charge is 2.20. The monoisotopic (exact) mass is 240 g/mol. The maximum absolute atomic E-state index is 11.2. The number of amides is 1. The van der Waals surface area contributed by atoms with Crippen LogP contribution >= 0.6 is 0 Å². The van der Waals surface area contributed by atoms with Crippen LogP contribution < -0.4 is 5.32 Å². The molecule has 98 valence electrons. The van der Waals surface area contributed by atoms with E-state index in [1.807, 2.05) is 6.92 Å². The molecule has 0 unspecified atom stereocenters. The molecule has 0 aliphatic heterocycles. The first-order valence-electron chi connectivity index (χ1n) is 6.72. The van der Waals surface area contributed by atoms with Crippen LogP contribution in [0.15, 0.2) is 5.16 Å². The molecule has 0 atom stereocenters. The van der Waals surface area contributed by atoms with Crippen molar-refractivity contribution in [1.82, 2.24) is 5.32 Å². The van der Waals surface area contributed by atoms with Crippen molar-refractivity contribution in [2.75, 3.05) is 6.54 Å². The minimum atomic E-state index is -0.438. The van der Waals surface area contributed by atoms with E-state index < -0.39 is 6.09 Å². The number of nitrogens with zero attached hydrogens (tertiary/aromatic N) is 1. The van der Waals surface area contributed by atoms with Crippen LogP contribution in [-0.4, -0.2) is 18.9 Å². The van der Waals surface area contributed by atoms with Crippen molar-refractivity contribution in [3.63, 3.8) is 0 Å². The van der Waals surface area contributed by atoms with Gasteiger partial charge in [-0.1, -0.05) is 38.3 Å². The Hall–Kier alpha value is -1.06. The number of nitrogens with one attached hydrogen (secondary N) is 1. The molecule has 0 aromatic carbocycles. The highest BCUT2D eigenvalue weighted by Crippen LogP contribution is 2.29. The zero-order valence-corrected chi connectivity index (χ0v) is 10.9. The highest BCUT2D eigenvalue weighted by molar-refractivity contribution is 5.68. The average molecular weight is 240 g/mol. The predicted molar refractivity (Wildman–Crippen MR) is 69.0 cm³/mol. The summed E-state index contributed by atoms with van der Waals surface area (Å²) in [4.78, 5) is 15.9. The number of carbonyl (C=O) groups excluding carboxylic acids is 1. The van der Waals surface area contributed by atoms with Crippen molar-refractivity contribution in [3.05, 3.63) is 0 Å². The molecule has 1 rings (SSSR count). The Morgan fingerprint density at radius 2 is 1.94 bits per heavy atom. The maximum atomic E-state index is 11.2. The van der Waals surface area contributed by atoms with Gasteiger partial charge in [0.25, 0.3) is 0 Å². The van der Waals surface area contributed by atoms with Gasteiger partial charge in [0.05, 0.1) is 0 Å². The van der Waals surface area contributed by atoms with Crippen molar-refractivity contribution in [1.29, 1.82) is 0 Å². The van der Waals surface area contributed by atoms with E-state index in [9.17, 15) is 4.79 Å². The molecule has 0 spiro atoms. The molecule has 1 amide bonds. The van der Waals surface area contributed by atoms with Gasteiger partial charge in [-0.15, -0.1) is 0 Å². The van der Waals surface area contributed by atoms with E-state index in [0.717, 1.165) is 18.9 Å². The molecule has 0 bridgehead atoms. The van der Waals surface area contributed by atoms with Gasteiger partial charge >= 0.3 is 6.09 Å². The van der Waals surface area contributed by atoms with Crippen LogP contribution in [0.25, 0.3) is 0 Å². The molecule has 4 heteroatoms. The van der Waals surface area contributed by atoms with Crippen LogP contribution in [0.3, 0.4) is 0 Å². The minimum Gasteiger partial charge on any atom is -0.319 e. The lowest BCUT2D eigenvalue weighted by atomic mass is 9.81. The third kappa shape index (κ3) is 5.71. The summed E-state index contributed by atoms with van der Waals surface area (Å²) >= 11 is 0. The minimum absolute atomic E-state index is 0.438. The molecule has 0 radical (unpaired) electrons. The summed E-state index contributed by atoms with van der Waals surface area (Å²) in [5, 5.41) is 6.31. The second kappa shape index (κ2) is 8.09. The fourth-order valence-electron chi connectivity index (χ4n) is 2.26. The summed E-state index contributed by atoms with van der Waals surface area (Å²) in [6.07, 6.45) is 8.23. The molecule has 0 aromatic heterocycles. The summed E-state index contributed by atoms with van der Waals surface area (Å²) in [6.45, 7) is 4.92. The molecule has 1 saturated carbocycles. The Labute approximate surface area is 104 Å². The summed E-state index contributed by atoms with van der Waals surface area (Å²) < 4.78 is 0. The molecular formula is C13H24N2O2. The van der Waals surface area contributed by atoms with Crippen molar-refractivity contribution >= 4 is 12.3 Å². The molecule has 1 aliphatic rings. The predicted octanol–water partition coefficient (Wildman–Crippen LogP) is 3.32. The number of hydrogen-bond donors (Lipinski definition) is 1. The van der Waals surface area contributed by atoms with Crippen molar-refractivity contribution < 1.29 is 9.63 Å². The van der Waals surface area contributed by atoms with Crippen molar-refractivity contribution in [2.45, 2.75) is 52.4 Å². The van der Waals surface area contributed by atoms with Gasteiger partial charge in [0.15, 0.2) is 0 Å². The molecule has 0 heterocycles. The topological polar surface area (TPSA) is 50.7 Å². The molecule has 1 aliphatic carbocycles. The molecule has 17 heavy (non-hydrogen) atoms. The number of hydrogen-bond acceptors (Lipinski definition) is 3. The molecule has 0 aromatic rings. The van der Waals surface area contributed by atoms with E-state index >= 15 is 0 Å². The lowest BCUT2D eigenvalue weighted by Crippen LogP contribution is -2.30. The Kier molecular flexibility index (Phi) is 6.67. The van der Waals surface area contributed by atoms with Gasteiger partial charge in [-0.05, 0) is 31.1 Å². The SMILES string of the molecule is CC/C=N\OC(=O)NCC1CCC(CC)CC1. The summed E-state index contributed by atoms with van der Waals surface area (Å²) in [7, 11) is 0. The third-order valence-corrected chi connectivity index (χ3v) is 3.47. The van der Waals surface area contributed by atoms with E-state index in [0.29, 0.717) is 5.92 Å². The van der Waals surface area contributed by atoms with Crippen molar-refractivity contribution in [2.24, 2.45) is 17.0 Å². The standard InChI is InChI=1S/C13H24N2O2/c1-3-9-15-17-13(16)14-10-12-7-5-11(4-2)6-8-12/h9,11-12H,3-8,10H2,1-2H3,(H,14,16)/b15-9-. The van der Waals surface area contributed by atoms with Gasteiger partial charge in [0, 0.05) is 12.8 Å². The molecular weight excluding hydrogens is 216 g/mol. The first kappa shape index (κ1) is 14.0. The number of oxime groups is 1. The van der Waals surface area contributed by atoms with Crippen LogP contribution in [0.4, 0.5) is 4.79 Å². The van der Waals surface area contributed by atoms with Gasteiger partial charge in [0.1, 0.15) is 0 Å². The van der Waals surface area contributed by atoms with Gasteiger partial charge in [-0.25, -0.2) is 4.79 Å². The smallest absolute Gasteiger partial charge is 0.319 e. The van der Waals surface area contributed by atoms with Crippen LogP contribution in [-0.2, 0) is 4.84 Å². The van der Waals surface area contributed by atoms with E-state index in [1.165, 1.54) is 32.1 Å². The lowest BCUT2D eigenvalue weighted by molar-refractivity contribution is 0.147. The molecule has 1 fully saturated rings. The summed E-state index contributed by atoms with van der Waals surface area (Å²) in [6, 6.07) is 0. The average Bonchev–Trinajstić information content (AvgIpc) is 2.37. The van der Waals surface area contributed by atoms with E-state index in [2.05, 4.69) is 22.2 Å². The molecule has 4 nitrogen and oxygen atoms in total. The zero-order valence-electron chi connectivity index (χ0n) is 10.9. The van der Waals surface area contributed by atoms with Crippen LogP contribution in [0.1, 0.15) is 52.4 Å². The van der Waals surface area contributed by atoms with E-state index in [4.69, 9.17) is 0 Å². The Bertz CT molecular complexity index is 246. The van der Waals surface area contributed by atoms with Gasteiger partial charge in [0.2, 0.25) is 0 Å². The van der Waals surface area contributed by atoms with Gasteiger partial charge in [-0.3, -0.25) is 4.84 Å². The van der Waals surface area contributed by atoms with Crippen LogP contribution in [0.2, 0.25) is 0 Å². The first-order chi connectivity index (χ1) is 8.26. The lowest BCUT2D eigenvalue weighted by Gasteiger charge is -2.27. The fourth-order valence-corrected chi connectivity index (χ4v) is 2.26. The second-order valence-electron chi connectivity index (χ2n) is 4.75. The van der Waals surface area contributed by atoms with E-state index in [1.54, 1.807) is 6.21 Å². The Balaban J connectivity index is 2.10. The van der Waals surface area contributed by atoms with Crippen LogP contribution in [0, 0.1) is 11.8 Å². The van der Waals surface area contributed by atoms with Crippen LogP contribution in [0.5, 0.6) is 0 Å². The number of carbonyl (C=O) groups is 1. The first-order valence-corrected chi connectivity index (χ1v) is 6.72. The third-order valence-electron chi connectivity index (χ3n) is 3.47. The summed E-state index contributed by atoms with van der Waals surface area (Å²) in [5.41, 5.74) is 0. The fraction of sp³-hybridized carbons (Fsp3) is 0.846. The largest absolute Gasteiger partial charge is 0.433 e. The Morgan fingerprint density at radius 1 is 1.29 bits per heavy atom. The second-order valence-corrected chi connectivity index (χ2v) is 4.75. The molecule has 1 N–H and O–H groups in total.